The monoisotopic (exact) mass is 190 g/mol. The van der Waals surface area contributed by atoms with Crippen LogP contribution in [0.5, 0.6) is 0 Å². The molecule has 72 valence electrons. The molecule has 0 aliphatic carbocycles. The zero-order valence-corrected chi connectivity index (χ0v) is 8.62. The minimum absolute atomic E-state index is 0.195. The van der Waals surface area contributed by atoms with Crippen molar-refractivity contribution in [3.05, 3.63) is 0 Å². The molecule has 4 heteroatoms. The lowest BCUT2D eigenvalue weighted by Gasteiger charge is -2.08. The van der Waals surface area contributed by atoms with Gasteiger partial charge in [-0.15, -0.1) is 0 Å². The molecule has 0 spiro atoms. The number of carbonyl (C=O) groups excluding carboxylic acids is 1. The molecule has 0 aromatic carbocycles. The second-order valence-electron chi connectivity index (χ2n) is 2.78. The molecule has 0 aromatic heterocycles. The van der Waals surface area contributed by atoms with E-state index in [-0.39, 0.29) is 11.9 Å². The third-order valence-corrected chi connectivity index (χ3v) is 2.35. The summed E-state index contributed by atoms with van der Waals surface area (Å²) in [6.45, 7) is 2.67. The Morgan fingerprint density at radius 3 is 2.75 bits per heavy atom. The van der Waals surface area contributed by atoms with Gasteiger partial charge in [0.2, 0.25) is 5.91 Å². The van der Waals surface area contributed by atoms with Crippen LogP contribution in [0.15, 0.2) is 0 Å². The Kier molecular flexibility index (Phi) is 7.29. The van der Waals surface area contributed by atoms with Crippen LogP contribution in [0, 0.1) is 0 Å². The fourth-order valence-electron chi connectivity index (χ4n) is 0.791. The Morgan fingerprint density at radius 1 is 1.58 bits per heavy atom. The second-order valence-corrected chi connectivity index (χ2v) is 3.76. The highest BCUT2D eigenvalue weighted by Gasteiger charge is 2.05. The minimum Gasteiger partial charge on any atom is -0.368 e. The molecule has 3 N–H and O–H groups in total. The zero-order valence-electron chi connectivity index (χ0n) is 7.80. The molecule has 0 rings (SSSR count). The molecule has 0 aliphatic rings. The molecule has 0 radical (unpaired) electrons. The highest BCUT2D eigenvalue weighted by Crippen LogP contribution is 1.97. The van der Waals surface area contributed by atoms with Gasteiger partial charge in [-0.2, -0.15) is 11.8 Å². The number of carbonyl (C=O) groups is 1. The van der Waals surface area contributed by atoms with Crippen molar-refractivity contribution >= 4 is 17.7 Å². The highest BCUT2D eigenvalue weighted by molar-refractivity contribution is 7.98. The van der Waals surface area contributed by atoms with Crippen LogP contribution in [0.3, 0.4) is 0 Å². The van der Waals surface area contributed by atoms with Crippen molar-refractivity contribution in [2.75, 3.05) is 18.6 Å². The number of nitrogens with two attached hydrogens (primary N) is 1. The lowest BCUT2D eigenvalue weighted by molar-refractivity contribution is -0.119. The van der Waals surface area contributed by atoms with E-state index < -0.39 is 0 Å². The predicted molar refractivity (Wildman–Crippen MR) is 54.3 cm³/mol. The first-order valence-corrected chi connectivity index (χ1v) is 5.59. The Labute approximate surface area is 78.5 Å². The first-order chi connectivity index (χ1) is 5.68. The molecular weight excluding hydrogens is 172 g/mol. The zero-order chi connectivity index (χ0) is 9.40. The fourth-order valence-corrected chi connectivity index (χ4v) is 1.28. The van der Waals surface area contributed by atoms with Crippen LogP contribution < -0.4 is 11.1 Å². The van der Waals surface area contributed by atoms with Gasteiger partial charge in [-0.1, -0.05) is 0 Å². The average Bonchev–Trinajstić information content (AvgIpc) is 2.03. The van der Waals surface area contributed by atoms with Gasteiger partial charge < -0.3 is 11.1 Å². The van der Waals surface area contributed by atoms with E-state index in [1.54, 1.807) is 6.92 Å². The topological polar surface area (TPSA) is 55.1 Å². The van der Waals surface area contributed by atoms with Gasteiger partial charge in [-0.25, -0.2) is 0 Å². The molecule has 1 atom stereocenters. The maximum Gasteiger partial charge on any atom is 0.234 e. The normalized spacial score (nSPS) is 12.8. The number of hydrogen-bond donors (Lipinski definition) is 2. The van der Waals surface area contributed by atoms with Gasteiger partial charge in [0, 0.05) is 0 Å². The van der Waals surface area contributed by atoms with Crippen molar-refractivity contribution in [1.82, 2.24) is 5.32 Å². The van der Waals surface area contributed by atoms with E-state index in [0.717, 1.165) is 13.0 Å². The molecule has 3 nitrogen and oxygen atoms in total. The summed E-state index contributed by atoms with van der Waals surface area (Å²) < 4.78 is 0. The van der Waals surface area contributed by atoms with E-state index in [2.05, 4.69) is 11.6 Å². The number of thioether (sulfide) groups is 1. The summed E-state index contributed by atoms with van der Waals surface area (Å²) in [5, 5.41) is 3.06. The van der Waals surface area contributed by atoms with Crippen molar-refractivity contribution in [1.29, 1.82) is 0 Å². The summed E-state index contributed by atoms with van der Waals surface area (Å²) in [6, 6.07) is -0.195. The third kappa shape index (κ3) is 6.49. The largest absolute Gasteiger partial charge is 0.368 e. The Balaban J connectivity index is 3.14. The van der Waals surface area contributed by atoms with Crippen molar-refractivity contribution < 1.29 is 4.79 Å². The summed E-state index contributed by atoms with van der Waals surface area (Å²) in [5.41, 5.74) is 5.07. The van der Waals surface area contributed by atoms with Gasteiger partial charge >= 0.3 is 0 Å². The third-order valence-electron chi connectivity index (χ3n) is 1.65. The summed E-state index contributed by atoms with van der Waals surface area (Å²) in [7, 11) is 0. The Hall–Kier alpha value is -0.220. The molecule has 0 bridgehead atoms. The number of primary amides is 1. The molecule has 0 fully saturated rings. The lowest BCUT2D eigenvalue weighted by Crippen LogP contribution is -2.39. The van der Waals surface area contributed by atoms with Gasteiger partial charge in [-0.3, -0.25) is 4.79 Å². The fraction of sp³-hybridized carbons (Fsp3) is 0.875. The van der Waals surface area contributed by atoms with Crippen LogP contribution in [-0.2, 0) is 4.79 Å². The summed E-state index contributed by atoms with van der Waals surface area (Å²) in [6.07, 6.45) is 4.40. The van der Waals surface area contributed by atoms with Crippen molar-refractivity contribution in [3.63, 3.8) is 0 Å². The number of unbranched alkanes of at least 4 members (excludes halogenated alkanes) is 1. The first kappa shape index (κ1) is 11.8. The number of amides is 1. The Morgan fingerprint density at radius 2 is 2.25 bits per heavy atom. The molecule has 0 aliphatic heterocycles. The molecule has 12 heavy (non-hydrogen) atoms. The van der Waals surface area contributed by atoms with Crippen LogP contribution in [0.2, 0.25) is 0 Å². The first-order valence-electron chi connectivity index (χ1n) is 4.20. The van der Waals surface area contributed by atoms with E-state index in [1.807, 2.05) is 11.8 Å². The SMILES string of the molecule is CSCCCCNC(C)C(N)=O. The maximum absolute atomic E-state index is 10.6. The van der Waals surface area contributed by atoms with Crippen molar-refractivity contribution in [2.24, 2.45) is 5.73 Å². The van der Waals surface area contributed by atoms with Crippen molar-refractivity contribution in [3.8, 4) is 0 Å². The smallest absolute Gasteiger partial charge is 0.234 e. The average molecular weight is 190 g/mol. The Bertz CT molecular complexity index is 130. The maximum atomic E-state index is 10.6. The van der Waals surface area contributed by atoms with Gasteiger partial charge in [0.25, 0.3) is 0 Å². The van der Waals surface area contributed by atoms with Crippen LogP contribution in [-0.4, -0.2) is 30.5 Å². The minimum atomic E-state index is -0.278. The predicted octanol–water partition coefficient (Wildman–Crippen LogP) is 0.593. The quantitative estimate of drug-likeness (QED) is 0.578. The van der Waals surface area contributed by atoms with E-state index >= 15 is 0 Å². The number of nitrogens with one attached hydrogen (secondary N) is 1. The lowest BCUT2D eigenvalue weighted by atomic mass is 10.3. The second kappa shape index (κ2) is 7.43. The number of rotatable bonds is 7. The van der Waals surface area contributed by atoms with E-state index in [4.69, 9.17) is 5.73 Å². The molecule has 0 saturated carbocycles. The van der Waals surface area contributed by atoms with E-state index in [9.17, 15) is 4.79 Å². The van der Waals surface area contributed by atoms with E-state index in [0.29, 0.717) is 0 Å². The van der Waals surface area contributed by atoms with Gasteiger partial charge in [0.1, 0.15) is 0 Å². The van der Waals surface area contributed by atoms with Gasteiger partial charge in [-0.05, 0) is 38.3 Å². The van der Waals surface area contributed by atoms with Gasteiger partial charge in [0.15, 0.2) is 0 Å². The van der Waals surface area contributed by atoms with E-state index in [1.165, 1.54) is 12.2 Å². The summed E-state index contributed by atoms with van der Waals surface area (Å²) >= 11 is 1.85. The van der Waals surface area contributed by atoms with Gasteiger partial charge in [0.05, 0.1) is 6.04 Å². The molecule has 0 heterocycles. The number of hydrogen-bond acceptors (Lipinski definition) is 3. The molecule has 1 unspecified atom stereocenters. The van der Waals surface area contributed by atoms with Crippen LogP contribution in [0.25, 0.3) is 0 Å². The summed E-state index contributed by atoms with van der Waals surface area (Å²) in [4.78, 5) is 10.6. The highest BCUT2D eigenvalue weighted by atomic mass is 32.2. The summed E-state index contributed by atoms with van der Waals surface area (Å²) in [5.74, 6) is 0.909. The van der Waals surface area contributed by atoms with Crippen LogP contribution in [0.1, 0.15) is 19.8 Å². The molecule has 0 aromatic rings. The molecular formula is C8H18N2OS. The standard InChI is InChI=1S/C8H18N2OS/c1-7(8(9)11)10-5-3-4-6-12-2/h7,10H,3-6H2,1-2H3,(H2,9,11). The van der Waals surface area contributed by atoms with Crippen LogP contribution in [0.4, 0.5) is 0 Å². The van der Waals surface area contributed by atoms with Crippen molar-refractivity contribution in [2.45, 2.75) is 25.8 Å². The molecule has 0 saturated heterocycles. The molecule has 1 amide bonds. The van der Waals surface area contributed by atoms with Crippen LogP contribution >= 0.6 is 11.8 Å².